The van der Waals surface area contributed by atoms with Gasteiger partial charge in [0.15, 0.2) is 12.4 Å². The second-order valence-electron chi connectivity index (χ2n) is 6.74. The fraction of sp³-hybridized carbons (Fsp3) is 0.227. The topological polar surface area (TPSA) is 63.7 Å². The molecule has 136 valence electrons. The number of Topliss-reactive ketones (excluding diaryl/α,β-unsaturated/α-hetero) is 1. The third-order valence-corrected chi connectivity index (χ3v) is 5.07. The number of benzene rings is 2. The first kappa shape index (κ1) is 17.2. The molecule has 1 aliphatic carbocycles. The van der Waals surface area contributed by atoms with E-state index in [1.807, 2.05) is 18.2 Å². The minimum absolute atomic E-state index is 0.0687. The van der Waals surface area contributed by atoms with E-state index in [2.05, 4.69) is 0 Å². The Bertz CT molecular complexity index is 876. The van der Waals surface area contributed by atoms with Gasteiger partial charge < -0.3 is 4.74 Å². The molecular weight excluding hydrogens is 342 g/mol. The lowest BCUT2D eigenvalue weighted by molar-refractivity contribution is -0.122. The highest BCUT2D eigenvalue weighted by molar-refractivity contribution is 6.22. The number of allylic oxidation sites excluding steroid dienone is 2. The lowest BCUT2D eigenvalue weighted by Gasteiger charge is -2.15. The van der Waals surface area contributed by atoms with Gasteiger partial charge in [-0.25, -0.2) is 0 Å². The zero-order chi connectivity index (χ0) is 18.8. The molecule has 2 amide bonds. The summed E-state index contributed by atoms with van der Waals surface area (Å²) in [6.45, 7) is -0.0687. The molecule has 0 N–H and O–H groups in total. The summed E-state index contributed by atoms with van der Waals surface area (Å²) in [5.41, 5.74) is 1.14. The number of carbonyl (C=O) groups excluding carboxylic acids is 3. The molecule has 1 heterocycles. The van der Waals surface area contributed by atoms with Gasteiger partial charge in [-0.15, -0.1) is 0 Å². The number of anilines is 1. The highest BCUT2D eigenvalue weighted by Gasteiger charge is 2.47. The normalized spacial score (nSPS) is 21.3. The lowest BCUT2D eigenvalue weighted by atomic mass is 9.85. The summed E-state index contributed by atoms with van der Waals surface area (Å²) >= 11 is 0. The Morgan fingerprint density at radius 2 is 1.48 bits per heavy atom. The summed E-state index contributed by atoms with van der Waals surface area (Å²) in [6, 6.07) is 15.7. The van der Waals surface area contributed by atoms with Crippen molar-refractivity contribution < 1.29 is 19.1 Å². The van der Waals surface area contributed by atoms with Crippen LogP contribution in [0.15, 0.2) is 66.7 Å². The molecule has 5 nitrogen and oxygen atoms in total. The summed E-state index contributed by atoms with van der Waals surface area (Å²) in [5.74, 6) is -0.365. The van der Waals surface area contributed by atoms with Gasteiger partial charge in [-0.2, -0.15) is 0 Å². The SMILES string of the molecule is O=C(COc1ccc(N2C(=O)C3CC=CCC3C2=O)cc1)c1ccccc1. The molecule has 5 heteroatoms. The van der Waals surface area contributed by atoms with E-state index in [-0.39, 0.29) is 36.0 Å². The summed E-state index contributed by atoms with van der Waals surface area (Å²) < 4.78 is 5.54. The van der Waals surface area contributed by atoms with Crippen molar-refractivity contribution in [1.29, 1.82) is 0 Å². The van der Waals surface area contributed by atoms with Crippen molar-refractivity contribution in [2.75, 3.05) is 11.5 Å². The van der Waals surface area contributed by atoms with Gasteiger partial charge in [0.05, 0.1) is 17.5 Å². The predicted molar refractivity (Wildman–Crippen MR) is 101 cm³/mol. The molecule has 2 atom stereocenters. The van der Waals surface area contributed by atoms with Crippen molar-refractivity contribution in [2.24, 2.45) is 11.8 Å². The van der Waals surface area contributed by atoms with Crippen molar-refractivity contribution >= 4 is 23.3 Å². The van der Waals surface area contributed by atoms with Crippen LogP contribution < -0.4 is 9.64 Å². The maximum Gasteiger partial charge on any atom is 0.238 e. The quantitative estimate of drug-likeness (QED) is 0.465. The van der Waals surface area contributed by atoms with E-state index in [4.69, 9.17) is 4.74 Å². The van der Waals surface area contributed by atoms with Crippen molar-refractivity contribution in [2.45, 2.75) is 12.8 Å². The molecule has 1 aliphatic heterocycles. The fourth-order valence-corrected chi connectivity index (χ4v) is 3.60. The van der Waals surface area contributed by atoms with Gasteiger partial charge >= 0.3 is 0 Å². The molecule has 0 aromatic heterocycles. The highest BCUT2D eigenvalue weighted by atomic mass is 16.5. The molecule has 27 heavy (non-hydrogen) atoms. The largest absolute Gasteiger partial charge is 0.485 e. The van der Waals surface area contributed by atoms with Crippen LogP contribution in [0.4, 0.5) is 5.69 Å². The standard InChI is InChI=1S/C22H19NO4/c24-20(15-6-2-1-3-7-15)14-27-17-12-10-16(11-13-17)23-21(25)18-8-4-5-9-19(18)22(23)26/h1-7,10-13,18-19H,8-9,14H2. The number of ketones is 1. The average molecular weight is 361 g/mol. The van der Waals surface area contributed by atoms with E-state index in [1.165, 1.54) is 4.90 Å². The number of imide groups is 1. The van der Waals surface area contributed by atoms with Crippen LogP contribution in [0.25, 0.3) is 0 Å². The van der Waals surface area contributed by atoms with Crippen molar-refractivity contribution in [3.63, 3.8) is 0 Å². The molecule has 2 unspecified atom stereocenters. The van der Waals surface area contributed by atoms with Crippen LogP contribution in [0.3, 0.4) is 0 Å². The van der Waals surface area contributed by atoms with Gasteiger partial charge in [-0.1, -0.05) is 42.5 Å². The number of carbonyl (C=O) groups is 3. The zero-order valence-corrected chi connectivity index (χ0v) is 14.7. The Labute approximate surface area is 157 Å². The van der Waals surface area contributed by atoms with Crippen molar-refractivity contribution in [1.82, 2.24) is 0 Å². The van der Waals surface area contributed by atoms with Gasteiger partial charge in [0.25, 0.3) is 0 Å². The molecule has 0 radical (unpaired) electrons. The van der Waals surface area contributed by atoms with Gasteiger partial charge in [-0.05, 0) is 37.1 Å². The van der Waals surface area contributed by atoms with Crippen LogP contribution in [-0.4, -0.2) is 24.2 Å². The van der Waals surface area contributed by atoms with Crippen LogP contribution >= 0.6 is 0 Å². The Balaban J connectivity index is 1.43. The number of hydrogen-bond acceptors (Lipinski definition) is 4. The van der Waals surface area contributed by atoms with Gasteiger partial charge in [-0.3, -0.25) is 19.3 Å². The Kier molecular flexibility index (Phi) is 4.59. The summed E-state index contributed by atoms with van der Waals surface area (Å²) in [7, 11) is 0. The number of nitrogens with zero attached hydrogens (tertiary/aromatic N) is 1. The number of rotatable bonds is 5. The molecule has 2 aliphatic rings. The van der Waals surface area contributed by atoms with Crippen molar-refractivity contribution in [3.8, 4) is 5.75 Å². The van der Waals surface area contributed by atoms with E-state index in [1.54, 1.807) is 48.5 Å². The van der Waals surface area contributed by atoms with Crippen LogP contribution in [0.5, 0.6) is 5.75 Å². The number of fused-ring (bicyclic) bond motifs is 1. The fourth-order valence-electron chi connectivity index (χ4n) is 3.60. The first-order valence-corrected chi connectivity index (χ1v) is 8.99. The second kappa shape index (κ2) is 7.19. The lowest BCUT2D eigenvalue weighted by Crippen LogP contribution is -2.30. The maximum atomic E-state index is 12.6. The average Bonchev–Trinajstić information content (AvgIpc) is 2.98. The summed E-state index contributed by atoms with van der Waals surface area (Å²) in [5, 5.41) is 0. The zero-order valence-electron chi connectivity index (χ0n) is 14.7. The Hall–Kier alpha value is -3.21. The Morgan fingerprint density at radius 1 is 0.889 bits per heavy atom. The highest BCUT2D eigenvalue weighted by Crippen LogP contribution is 2.37. The number of ether oxygens (including phenoxy) is 1. The number of amides is 2. The first-order valence-electron chi connectivity index (χ1n) is 8.99. The molecule has 1 saturated heterocycles. The van der Waals surface area contributed by atoms with E-state index < -0.39 is 0 Å². The molecular formula is C22H19NO4. The van der Waals surface area contributed by atoms with E-state index >= 15 is 0 Å². The van der Waals surface area contributed by atoms with Crippen LogP contribution in [-0.2, 0) is 9.59 Å². The van der Waals surface area contributed by atoms with Crippen LogP contribution in [0, 0.1) is 11.8 Å². The monoisotopic (exact) mass is 361 g/mol. The summed E-state index contributed by atoms with van der Waals surface area (Å²) in [6.07, 6.45) is 5.18. The molecule has 2 aromatic rings. The van der Waals surface area contributed by atoms with E-state index in [0.717, 1.165) is 0 Å². The maximum absolute atomic E-state index is 12.6. The van der Waals surface area contributed by atoms with Gasteiger partial charge in [0.1, 0.15) is 5.75 Å². The molecule has 4 rings (SSSR count). The minimum atomic E-state index is -0.248. The first-order chi connectivity index (χ1) is 13.1. The molecule has 0 saturated carbocycles. The molecule has 0 spiro atoms. The third kappa shape index (κ3) is 3.28. The van der Waals surface area contributed by atoms with Crippen molar-refractivity contribution in [3.05, 3.63) is 72.3 Å². The number of hydrogen-bond donors (Lipinski definition) is 0. The minimum Gasteiger partial charge on any atom is -0.485 e. The third-order valence-electron chi connectivity index (χ3n) is 5.07. The summed E-state index contributed by atoms with van der Waals surface area (Å²) in [4.78, 5) is 38.6. The van der Waals surface area contributed by atoms with Gasteiger partial charge in [0.2, 0.25) is 11.8 Å². The van der Waals surface area contributed by atoms with Crippen LogP contribution in [0.2, 0.25) is 0 Å². The molecule has 1 fully saturated rings. The Morgan fingerprint density at radius 3 is 2.07 bits per heavy atom. The van der Waals surface area contributed by atoms with Crippen LogP contribution in [0.1, 0.15) is 23.2 Å². The van der Waals surface area contributed by atoms with E-state index in [9.17, 15) is 14.4 Å². The molecule has 0 bridgehead atoms. The van der Waals surface area contributed by atoms with E-state index in [0.29, 0.717) is 29.8 Å². The smallest absolute Gasteiger partial charge is 0.238 e. The second-order valence-corrected chi connectivity index (χ2v) is 6.74. The molecule has 2 aromatic carbocycles. The van der Waals surface area contributed by atoms with Gasteiger partial charge in [0, 0.05) is 5.56 Å². The predicted octanol–water partition coefficient (Wildman–Crippen LogP) is 3.40.